The molecule has 3 heteroatoms. The topological polar surface area (TPSA) is 29.1 Å². The maximum atomic E-state index is 12.6. The number of Topliss-reactive ketones (excluding diaryl/α,β-unsaturated/α-hetero) is 1. The molecule has 0 amide bonds. The molecule has 2 nitrogen and oxygen atoms in total. The number of nitrogens with one attached hydrogen (secondary N) is 1. The van der Waals surface area contributed by atoms with Gasteiger partial charge in [0.2, 0.25) is 0 Å². The largest absolute Gasteiger partial charge is 0.304 e. The molecular formula is C13H16ClNO. The van der Waals surface area contributed by atoms with Gasteiger partial charge in [-0.25, -0.2) is 0 Å². The molecule has 5 atom stereocenters. The van der Waals surface area contributed by atoms with E-state index < -0.39 is 36.9 Å². The second-order valence-electron chi connectivity index (χ2n) is 3.62. The Bertz CT molecular complexity index is 529. The molecule has 2 rings (SSSR count). The smallest absolute Gasteiger partial charge is 0.157 e. The number of carbonyl (C=O) groups excluding carboxylic acids is 1. The summed E-state index contributed by atoms with van der Waals surface area (Å²) in [6.07, 6.45) is -4.92. The number of halogens is 1. The quantitative estimate of drug-likeness (QED) is 0.863. The third-order valence-corrected chi connectivity index (χ3v) is 3.12. The standard InChI is InChI=1S/C13H16ClNO/c1-15-13(9-5-4-8-12(13)16)10-6-2-3-7-11(10)14/h2-3,6-7,15H,4-5,8-9H2,1H3/i4D,5D,8D,9D. The zero-order valence-corrected chi connectivity index (χ0v) is 9.66. The second kappa shape index (κ2) is 4.56. The molecule has 0 aromatic heterocycles. The molecule has 16 heavy (non-hydrogen) atoms. The van der Waals surface area contributed by atoms with E-state index >= 15 is 0 Å². The van der Waals surface area contributed by atoms with Gasteiger partial charge in [-0.1, -0.05) is 36.2 Å². The maximum Gasteiger partial charge on any atom is 0.157 e. The molecule has 1 fully saturated rings. The Kier molecular flexibility index (Phi) is 2.13. The van der Waals surface area contributed by atoms with Crippen molar-refractivity contribution in [2.24, 2.45) is 0 Å². The van der Waals surface area contributed by atoms with Crippen LogP contribution in [0.25, 0.3) is 0 Å². The fourth-order valence-corrected chi connectivity index (χ4v) is 2.19. The normalized spacial score (nSPS) is 47.8. The van der Waals surface area contributed by atoms with Crippen molar-refractivity contribution in [2.75, 3.05) is 7.05 Å². The van der Waals surface area contributed by atoms with Gasteiger partial charge in [0.1, 0.15) is 5.54 Å². The van der Waals surface area contributed by atoms with Crippen LogP contribution in [-0.4, -0.2) is 12.8 Å². The van der Waals surface area contributed by atoms with Crippen molar-refractivity contribution >= 4 is 17.4 Å². The Hall–Kier alpha value is -0.860. The van der Waals surface area contributed by atoms with Gasteiger partial charge in [-0.2, -0.15) is 0 Å². The van der Waals surface area contributed by atoms with Crippen molar-refractivity contribution in [2.45, 2.75) is 31.1 Å². The molecule has 0 saturated heterocycles. The minimum Gasteiger partial charge on any atom is -0.304 e. The number of ketones is 1. The Morgan fingerprint density at radius 1 is 1.44 bits per heavy atom. The Morgan fingerprint density at radius 2 is 2.19 bits per heavy atom. The molecule has 0 aliphatic heterocycles. The third-order valence-electron chi connectivity index (χ3n) is 2.79. The van der Waals surface area contributed by atoms with Crippen LogP contribution >= 0.6 is 11.6 Å². The highest BCUT2D eigenvalue weighted by Crippen LogP contribution is 2.37. The van der Waals surface area contributed by atoms with Crippen LogP contribution in [0.15, 0.2) is 24.3 Å². The summed E-state index contributed by atoms with van der Waals surface area (Å²) in [5, 5.41) is 3.13. The van der Waals surface area contributed by atoms with Gasteiger partial charge in [0.25, 0.3) is 0 Å². The number of likely N-dealkylation sites (N-methyl/N-ethyl adjacent to an activating group) is 1. The van der Waals surface area contributed by atoms with E-state index in [2.05, 4.69) is 5.32 Å². The zero-order chi connectivity index (χ0) is 15.1. The Labute approximate surface area is 107 Å². The predicted octanol–water partition coefficient (Wildman–Crippen LogP) is 2.90. The summed E-state index contributed by atoms with van der Waals surface area (Å²) < 4.78 is 31.8. The lowest BCUT2D eigenvalue weighted by Crippen LogP contribution is -2.49. The van der Waals surface area contributed by atoms with Crippen molar-refractivity contribution < 1.29 is 10.3 Å². The van der Waals surface area contributed by atoms with E-state index in [4.69, 9.17) is 17.1 Å². The van der Waals surface area contributed by atoms with Crippen molar-refractivity contribution in [3.63, 3.8) is 0 Å². The van der Waals surface area contributed by atoms with Crippen LogP contribution in [0, 0.1) is 0 Å². The van der Waals surface area contributed by atoms with Gasteiger partial charge >= 0.3 is 0 Å². The summed E-state index contributed by atoms with van der Waals surface area (Å²) in [7, 11) is 1.52. The monoisotopic (exact) mass is 241 g/mol. The van der Waals surface area contributed by atoms with Gasteiger partial charge in [0.15, 0.2) is 5.78 Å². The SMILES string of the molecule is [2H]C1C(=O)C(NC)(c2ccccc2Cl)C([2H])C([2H])C1[2H]. The van der Waals surface area contributed by atoms with Crippen LogP contribution in [-0.2, 0) is 10.3 Å². The number of hydrogen-bond donors (Lipinski definition) is 1. The van der Waals surface area contributed by atoms with Crippen molar-refractivity contribution in [1.82, 2.24) is 5.32 Å². The van der Waals surface area contributed by atoms with E-state index in [0.717, 1.165) is 0 Å². The molecular weight excluding hydrogens is 222 g/mol. The average molecular weight is 242 g/mol. The fourth-order valence-electron chi connectivity index (χ4n) is 1.90. The third kappa shape index (κ3) is 1.76. The molecule has 1 saturated carbocycles. The maximum absolute atomic E-state index is 12.6. The van der Waals surface area contributed by atoms with Crippen molar-refractivity contribution in [3.05, 3.63) is 34.9 Å². The van der Waals surface area contributed by atoms with Crippen LogP contribution in [0.4, 0.5) is 0 Å². The highest BCUT2D eigenvalue weighted by atomic mass is 35.5. The first kappa shape index (κ1) is 7.46. The van der Waals surface area contributed by atoms with Crippen LogP contribution < -0.4 is 5.32 Å². The Balaban J connectivity index is 2.64. The van der Waals surface area contributed by atoms with Gasteiger partial charge in [-0.3, -0.25) is 4.79 Å². The van der Waals surface area contributed by atoms with Gasteiger partial charge in [0.05, 0.1) is 0 Å². The first-order valence-corrected chi connectivity index (χ1v) is 5.43. The molecule has 5 unspecified atom stereocenters. The molecule has 86 valence electrons. The molecule has 1 aliphatic rings. The molecule has 1 aromatic carbocycles. The van der Waals surface area contributed by atoms with Gasteiger partial charge < -0.3 is 5.32 Å². The summed E-state index contributed by atoms with van der Waals surface area (Å²) in [6, 6.07) is 6.65. The van der Waals surface area contributed by atoms with Crippen LogP contribution in [0.1, 0.15) is 36.6 Å². The van der Waals surface area contributed by atoms with E-state index in [1.54, 1.807) is 24.3 Å². The lowest BCUT2D eigenvalue weighted by molar-refractivity contribution is -0.127. The van der Waals surface area contributed by atoms with E-state index in [-0.39, 0.29) is 0 Å². The summed E-state index contributed by atoms with van der Waals surface area (Å²) in [5.74, 6) is -0.573. The second-order valence-corrected chi connectivity index (χ2v) is 4.03. The number of hydrogen-bond acceptors (Lipinski definition) is 2. The first-order chi connectivity index (χ1) is 9.37. The predicted molar refractivity (Wildman–Crippen MR) is 65.7 cm³/mol. The summed E-state index contributed by atoms with van der Waals surface area (Å²) >= 11 is 6.14. The van der Waals surface area contributed by atoms with E-state index in [1.807, 2.05) is 0 Å². The van der Waals surface area contributed by atoms with Crippen LogP contribution in [0.5, 0.6) is 0 Å². The molecule has 0 bridgehead atoms. The van der Waals surface area contributed by atoms with Gasteiger partial charge in [0, 0.05) is 16.9 Å². The minimum atomic E-state index is -1.51. The molecule has 0 spiro atoms. The molecule has 0 heterocycles. The van der Waals surface area contributed by atoms with Gasteiger partial charge in [-0.15, -0.1) is 0 Å². The number of benzene rings is 1. The molecule has 1 aliphatic carbocycles. The number of carbonyl (C=O) groups is 1. The summed E-state index contributed by atoms with van der Waals surface area (Å²) in [6.45, 7) is 0. The van der Waals surface area contributed by atoms with Crippen molar-refractivity contribution in [3.8, 4) is 0 Å². The first-order valence-electron chi connectivity index (χ1n) is 7.36. The summed E-state index contributed by atoms with van der Waals surface area (Å²) in [4.78, 5) is 12.6. The molecule has 0 radical (unpaired) electrons. The van der Waals surface area contributed by atoms with E-state index in [1.165, 1.54) is 7.05 Å². The highest BCUT2D eigenvalue weighted by molar-refractivity contribution is 6.31. The van der Waals surface area contributed by atoms with Gasteiger partial charge in [-0.05, 0) is 31.5 Å². The minimum absolute atomic E-state index is 0.315. The Morgan fingerprint density at radius 3 is 2.88 bits per heavy atom. The van der Waals surface area contributed by atoms with E-state index in [9.17, 15) is 4.79 Å². The lowest BCUT2D eigenvalue weighted by Gasteiger charge is -2.36. The van der Waals surface area contributed by atoms with E-state index in [0.29, 0.717) is 10.6 Å². The van der Waals surface area contributed by atoms with Crippen LogP contribution in [0.2, 0.25) is 5.02 Å². The lowest BCUT2D eigenvalue weighted by atomic mass is 9.75. The highest BCUT2D eigenvalue weighted by Gasteiger charge is 2.40. The summed E-state index contributed by atoms with van der Waals surface area (Å²) in [5.41, 5.74) is -1.11. The molecule has 1 N–H and O–H groups in total. The fraction of sp³-hybridized carbons (Fsp3) is 0.462. The van der Waals surface area contributed by atoms with Crippen molar-refractivity contribution in [1.29, 1.82) is 0 Å². The van der Waals surface area contributed by atoms with Crippen LogP contribution in [0.3, 0.4) is 0 Å². The molecule has 1 aromatic rings. The zero-order valence-electron chi connectivity index (χ0n) is 12.9. The average Bonchev–Trinajstić information content (AvgIpc) is 2.46. The number of rotatable bonds is 2.